The number of aromatic nitrogens is 1. The molecular formula is C22H14ClN5O4S. The monoisotopic (exact) mass is 479 g/mol. The first-order chi connectivity index (χ1) is 15.9. The van der Waals surface area contributed by atoms with E-state index in [9.17, 15) is 20.2 Å². The number of halogens is 1. The minimum Gasteiger partial charge on any atom is -0.258 e. The van der Waals surface area contributed by atoms with E-state index in [1.54, 1.807) is 48.5 Å². The summed E-state index contributed by atoms with van der Waals surface area (Å²) in [6.07, 6.45) is 0. The highest BCUT2D eigenvalue weighted by Gasteiger charge is 2.12. The smallest absolute Gasteiger partial charge is 0.258 e. The van der Waals surface area contributed by atoms with E-state index in [0.29, 0.717) is 27.1 Å². The number of hydrogen-bond donors (Lipinski definition) is 1. The van der Waals surface area contributed by atoms with Gasteiger partial charge in [0.05, 0.1) is 21.3 Å². The summed E-state index contributed by atoms with van der Waals surface area (Å²) in [6, 6.07) is 19.2. The van der Waals surface area contributed by atoms with Crippen LogP contribution < -0.4 is 5.43 Å². The highest BCUT2D eigenvalue weighted by molar-refractivity contribution is 7.14. The number of nitro groups is 2. The van der Waals surface area contributed by atoms with E-state index in [4.69, 9.17) is 11.6 Å². The molecule has 0 aliphatic rings. The van der Waals surface area contributed by atoms with Gasteiger partial charge in [0.2, 0.25) is 5.13 Å². The zero-order chi connectivity index (χ0) is 23.4. The summed E-state index contributed by atoms with van der Waals surface area (Å²) < 4.78 is 0. The molecule has 0 amide bonds. The third kappa shape index (κ3) is 5.20. The van der Waals surface area contributed by atoms with Crippen molar-refractivity contribution >= 4 is 45.2 Å². The number of nitrogens with zero attached hydrogens (tertiary/aromatic N) is 4. The van der Waals surface area contributed by atoms with Crippen molar-refractivity contribution in [2.45, 2.75) is 0 Å². The molecule has 4 aromatic rings. The Morgan fingerprint density at radius 1 is 0.848 bits per heavy atom. The van der Waals surface area contributed by atoms with Gasteiger partial charge in [0, 0.05) is 51.4 Å². The van der Waals surface area contributed by atoms with Crippen LogP contribution in [-0.2, 0) is 0 Å². The molecule has 164 valence electrons. The van der Waals surface area contributed by atoms with Crippen LogP contribution in [0.5, 0.6) is 0 Å². The van der Waals surface area contributed by atoms with Crippen LogP contribution in [0, 0.1) is 20.2 Å². The fourth-order valence-corrected chi connectivity index (χ4v) is 3.75. The first-order valence-corrected chi connectivity index (χ1v) is 10.7. The Morgan fingerprint density at radius 2 is 1.36 bits per heavy atom. The van der Waals surface area contributed by atoms with Crippen LogP contribution >= 0.6 is 22.9 Å². The van der Waals surface area contributed by atoms with Gasteiger partial charge in [-0.25, -0.2) is 4.98 Å². The summed E-state index contributed by atoms with van der Waals surface area (Å²) in [5.41, 5.74) is 6.29. The molecule has 1 heterocycles. The molecule has 1 aromatic heterocycles. The Morgan fingerprint density at radius 3 is 1.91 bits per heavy atom. The number of nitro benzene ring substituents is 2. The van der Waals surface area contributed by atoms with E-state index >= 15 is 0 Å². The lowest BCUT2D eigenvalue weighted by Gasteiger charge is -2.08. The van der Waals surface area contributed by atoms with Crippen LogP contribution in [0.4, 0.5) is 16.5 Å². The van der Waals surface area contributed by atoms with Crippen molar-refractivity contribution in [2.24, 2.45) is 5.10 Å². The van der Waals surface area contributed by atoms with Gasteiger partial charge in [-0.15, -0.1) is 11.3 Å². The van der Waals surface area contributed by atoms with Crippen molar-refractivity contribution in [3.05, 3.63) is 115 Å². The van der Waals surface area contributed by atoms with Crippen molar-refractivity contribution in [3.8, 4) is 11.3 Å². The average Bonchev–Trinajstić information content (AvgIpc) is 3.30. The second-order valence-corrected chi connectivity index (χ2v) is 8.02. The van der Waals surface area contributed by atoms with Crippen LogP contribution in [0.2, 0.25) is 5.02 Å². The molecule has 0 saturated carbocycles. The van der Waals surface area contributed by atoms with Gasteiger partial charge in [-0.1, -0.05) is 23.7 Å². The molecule has 0 spiro atoms. The number of benzene rings is 3. The minimum atomic E-state index is -0.462. The fraction of sp³-hybridized carbons (Fsp3) is 0. The average molecular weight is 480 g/mol. The van der Waals surface area contributed by atoms with Crippen LogP contribution in [0.3, 0.4) is 0 Å². The summed E-state index contributed by atoms with van der Waals surface area (Å²) in [7, 11) is 0. The predicted octanol–water partition coefficient (Wildman–Crippen LogP) is 6.14. The maximum atomic E-state index is 11.0. The summed E-state index contributed by atoms with van der Waals surface area (Å²) in [5, 5.41) is 29.2. The molecule has 0 radical (unpaired) electrons. The molecule has 4 rings (SSSR count). The molecule has 3 aromatic carbocycles. The molecular weight excluding hydrogens is 466 g/mol. The number of non-ortho nitro benzene ring substituents is 2. The Labute approximate surface area is 196 Å². The number of rotatable bonds is 7. The standard InChI is InChI=1S/C22H14ClN5O4S/c23-17-7-1-15(2-8-17)21(16-5-11-19(12-6-16)28(31)32)25-26-22-24-20(13-33-22)14-3-9-18(10-4-14)27(29)30/h1-13H,(H,24,26)/b25-21-. The Hall–Kier alpha value is -4.15. The summed E-state index contributed by atoms with van der Waals surface area (Å²) in [4.78, 5) is 25.4. The van der Waals surface area contributed by atoms with Gasteiger partial charge in [-0.3, -0.25) is 25.7 Å². The molecule has 0 bridgehead atoms. The largest absolute Gasteiger partial charge is 0.269 e. The maximum absolute atomic E-state index is 11.0. The van der Waals surface area contributed by atoms with E-state index in [0.717, 1.165) is 11.1 Å². The van der Waals surface area contributed by atoms with Crippen LogP contribution in [0.15, 0.2) is 83.3 Å². The summed E-state index contributed by atoms with van der Waals surface area (Å²) >= 11 is 7.33. The zero-order valence-electron chi connectivity index (χ0n) is 16.7. The van der Waals surface area contributed by atoms with Crippen LogP contribution in [-0.4, -0.2) is 20.5 Å². The highest BCUT2D eigenvalue weighted by Crippen LogP contribution is 2.27. The lowest BCUT2D eigenvalue weighted by molar-refractivity contribution is -0.385. The summed E-state index contributed by atoms with van der Waals surface area (Å²) in [5.74, 6) is 0. The van der Waals surface area contributed by atoms with Gasteiger partial charge in [-0.2, -0.15) is 5.10 Å². The molecule has 33 heavy (non-hydrogen) atoms. The maximum Gasteiger partial charge on any atom is 0.269 e. The fourth-order valence-electron chi connectivity index (χ4n) is 2.96. The number of thiazole rings is 1. The molecule has 0 saturated heterocycles. The van der Waals surface area contributed by atoms with Gasteiger partial charge < -0.3 is 0 Å². The van der Waals surface area contributed by atoms with E-state index in [1.165, 1.54) is 35.6 Å². The Bertz CT molecular complexity index is 1340. The lowest BCUT2D eigenvalue weighted by Crippen LogP contribution is -2.06. The molecule has 0 fully saturated rings. The quantitative estimate of drug-likeness (QED) is 0.193. The molecule has 9 nitrogen and oxygen atoms in total. The minimum absolute atomic E-state index is 0.00707. The number of anilines is 1. The second-order valence-electron chi connectivity index (χ2n) is 6.72. The van der Waals surface area contributed by atoms with Gasteiger partial charge in [0.1, 0.15) is 0 Å². The highest BCUT2D eigenvalue weighted by atomic mass is 35.5. The molecule has 0 atom stereocenters. The molecule has 1 N–H and O–H groups in total. The van der Waals surface area contributed by atoms with Crippen LogP contribution in [0.25, 0.3) is 11.3 Å². The van der Waals surface area contributed by atoms with Gasteiger partial charge in [0.25, 0.3) is 11.4 Å². The third-order valence-electron chi connectivity index (χ3n) is 4.61. The summed E-state index contributed by atoms with van der Waals surface area (Å²) in [6.45, 7) is 0. The Kier molecular flexibility index (Phi) is 6.38. The Balaban J connectivity index is 1.62. The molecule has 0 aliphatic heterocycles. The first kappa shape index (κ1) is 22.1. The van der Waals surface area contributed by atoms with Crippen LogP contribution in [0.1, 0.15) is 11.1 Å². The lowest BCUT2D eigenvalue weighted by atomic mass is 10.0. The van der Waals surface area contributed by atoms with Crippen molar-refractivity contribution in [2.75, 3.05) is 5.43 Å². The van der Waals surface area contributed by atoms with E-state index in [-0.39, 0.29) is 11.4 Å². The number of nitrogens with one attached hydrogen (secondary N) is 1. The zero-order valence-corrected chi connectivity index (χ0v) is 18.3. The topological polar surface area (TPSA) is 124 Å². The van der Waals surface area contributed by atoms with Gasteiger partial charge in [-0.05, 0) is 36.4 Å². The molecule has 11 heteroatoms. The van der Waals surface area contributed by atoms with Gasteiger partial charge in [0.15, 0.2) is 0 Å². The van der Waals surface area contributed by atoms with Crippen molar-refractivity contribution < 1.29 is 9.85 Å². The SMILES string of the molecule is O=[N+]([O-])c1ccc(/C(=N\Nc2nc(-c3ccc([N+](=O)[O-])cc3)cs2)c2ccc(Cl)cc2)cc1. The number of hydrogen-bond acceptors (Lipinski definition) is 8. The van der Waals surface area contributed by atoms with Gasteiger partial charge >= 0.3 is 0 Å². The first-order valence-electron chi connectivity index (χ1n) is 9.45. The van der Waals surface area contributed by atoms with E-state index in [2.05, 4.69) is 15.5 Å². The molecule has 0 unspecified atom stereocenters. The van der Waals surface area contributed by atoms with Crippen molar-refractivity contribution in [1.29, 1.82) is 0 Å². The second kappa shape index (κ2) is 9.55. The predicted molar refractivity (Wildman–Crippen MR) is 128 cm³/mol. The normalized spacial score (nSPS) is 11.2. The van der Waals surface area contributed by atoms with E-state index in [1.807, 2.05) is 5.38 Å². The third-order valence-corrected chi connectivity index (χ3v) is 5.61. The van der Waals surface area contributed by atoms with E-state index < -0.39 is 9.85 Å². The van der Waals surface area contributed by atoms with Crippen molar-refractivity contribution in [3.63, 3.8) is 0 Å². The molecule has 0 aliphatic carbocycles. The number of hydrazone groups is 1. The van der Waals surface area contributed by atoms with Crippen molar-refractivity contribution in [1.82, 2.24) is 4.98 Å².